The first-order chi connectivity index (χ1) is 8.95. The highest BCUT2D eigenvalue weighted by molar-refractivity contribution is 4.96. The highest BCUT2D eigenvalue weighted by Crippen LogP contribution is 2.40. The van der Waals surface area contributed by atoms with E-state index < -0.39 is 0 Å². The average Bonchev–Trinajstić information content (AvgIpc) is 2.37. The molecule has 2 aliphatic rings. The van der Waals surface area contributed by atoms with Gasteiger partial charge in [0.05, 0.1) is 0 Å². The Morgan fingerprint density at radius 3 is 1.53 bits per heavy atom. The van der Waals surface area contributed by atoms with Crippen LogP contribution in [-0.2, 0) is 0 Å². The van der Waals surface area contributed by atoms with Crippen LogP contribution in [-0.4, -0.2) is 0 Å². The van der Waals surface area contributed by atoms with Gasteiger partial charge in [0, 0.05) is 0 Å². The predicted octanol–water partition coefficient (Wildman–Crippen LogP) is 6.22. The molecule has 19 heavy (non-hydrogen) atoms. The standard InChI is InChI=1S/C19H34/c1-15-5-7-16(8-6-15)9-10-17-11-13-18(14-12-17)19(2,3)4/h9-10,15-18H,5-8,11-14H2,1-4H3. The highest BCUT2D eigenvalue weighted by atomic mass is 14.3. The third-order valence-electron chi connectivity index (χ3n) is 5.71. The molecule has 0 N–H and O–H groups in total. The molecule has 0 bridgehead atoms. The molecule has 0 nitrogen and oxygen atoms in total. The summed E-state index contributed by atoms with van der Waals surface area (Å²) in [6.07, 6.45) is 16.7. The summed E-state index contributed by atoms with van der Waals surface area (Å²) in [4.78, 5) is 0. The number of hydrogen-bond acceptors (Lipinski definition) is 0. The third-order valence-corrected chi connectivity index (χ3v) is 5.71. The molecule has 0 aromatic carbocycles. The molecular weight excluding hydrogens is 228 g/mol. The van der Waals surface area contributed by atoms with Gasteiger partial charge in [-0.15, -0.1) is 0 Å². The van der Waals surface area contributed by atoms with Crippen molar-refractivity contribution in [3.8, 4) is 0 Å². The smallest absolute Gasteiger partial charge is 0.0233 e. The van der Waals surface area contributed by atoms with E-state index in [0.717, 1.165) is 23.7 Å². The van der Waals surface area contributed by atoms with E-state index >= 15 is 0 Å². The molecule has 0 saturated heterocycles. The van der Waals surface area contributed by atoms with E-state index in [-0.39, 0.29) is 0 Å². The van der Waals surface area contributed by atoms with E-state index in [2.05, 4.69) is 39.8 Å². The Morgan fingerprint density at radius 2 is 1.11 bits per heavy atom. The lowest BCUT2D eigenvalue weighted by Gasteiger charge is -2.36. The molecule has 0 atom stereocenters. The van der Waals surface area contributed by atoms with Crippen molar-refractivity contribution in [1.29, 1.82) is 0 Å². The van der Waals surface area contributed by atoms with Gasteiger partial charge in [-0.3, -0.25) is 0 Å². The third kappa shape index (κ3) is 4.65. The van der Waals surface area contributed by atoms with Gasteiger partial charge >= 0.3 is 0 Å². The minimum atomic E-state index is 0.522. The van der Waals surface area contributed by atoms with Crippen molar-refractivity contribution in [2.45, 2.75) is 79.1 Å². The van der Waals surface area contributed by atoms with Crippen molar-refractivity contribution in [2.24, 2.45) is 29.1 Å². The maximum Gasteiger partial charge on any atom is -0.0233 e. The largest absolute Gasteiger partial charge is 0.0851 e. The lowest BCUT2D eigenvalue weighted by molar-refractivity contribution is 0.162. The Labute approximate surface area is 121 Å². The Bertz CT molecular complexity index is 278. The summed E-state index contributed by atoms with van der Waals surface area (Å²) in [5.74, 6) is 3.72. The Kier molecular flexibility index (Phi) is 5.15. The average molecular weight is 262 g/mol. The van der Waals surface area contributed by atoms with Gasteiger partial charge < -0.3 is 0 Å². The fourth-order valence-electron chi connectivity index (χ4n) is 3.97. The van der Waals surface area contributed by atoms with Gasteiger partial charge in [0.15, 0.2) is 0 Å². The lowest BCUT2D eigenvalue weighted by Crippen LogP contribution is -2.25. The summed E-state index contributed by atoms with van der Waals surface area (Å²) in [5.41, 5.74) is 0.522. The minimum absolute atomic E-state index is 0.522. The molecule has 110 valence electrons. The molecule has 2 saturated carbocycles. The highest BCUT2D eigenvalue weighted by Gasteiger charge is 2.28. The van der Waals surface area contributed by atoms with Crippen molar-refractivity contribution in [1.82, 2.24) is 0 Å². The second-order valence-electron chi connectivity index (χ2n) is 8.38. The van der Waals surface area contributed by atoms with Crippen LogP contribution in [0.4, 0.5) is 0 Å². The van der Waals surface area contributed by atoms with Gasteiger partial charge in [-0.25, -0.2) is 0 Å². The SMILES string of the molecule is CC1CCC(C=CC2CCC(C(C)(C)C)CC2)CC1. The second kappa shape index (κ2) is 6.46. The Morgan fingerprint density at radius 1 is 0.684 bits per heavy atom. The van der Waals surface area contributed by atoms with Crippen molar-refractivity contribution >= 4 is 0 Å². The van der Waals surface area contributed by atoms with Gasteiger partial charge in [-0.1, -0.05) is 52.7 Å². The molecule has 0 spiro atoms. The molecular formula is C19H34. The molecule has 0 aromatic heterocycles. The van der Waals surface area contributed by atoms with Crippen LogP contribution in [0.25, 0.3) is 0 Å². The van der Waals surface area contributed by atoms with Crippen LogP contribution >= 0.6 is 0 Å². The van der Waals surface area contributed by atoms with E-state index in [1.807, 2.05) is 0 Å². The molecule has 2 fully saturated rings. The Hall–Kier alpha value is -0.260. The maximum absolute atomic E-state index is 2.58. The number of allylic oxidation sites excluding steroid dienone is 2. The fourth-order valence-corrected chi connectivity index (χ4v) is 3.97. The van der Waals surface area contributed by atoms with Crippen LogP contribution in [0.5, 0.6) is 0 Å². The molecule has 0 radical (unpaired) electrons. The Balaban J connectivity index is 1.73. The summed E-state index contributed by atoms with van der Waals surface area (Å²) < 4.78 is 0. The van der Waals surface area contributed by atoms with Crippen LogP contribution < -0.4 is 0 Å². The van der Waals surface area contributed by atoms with Crippen LogP contribution in [0, 0.1) is 29.1 Å². The summed E-state index contributed by atoms with van der Waals surface area (Å²) >= 11 is 0. The molecule has 2 rings (SSSR count). The topological polar surface area (TPSA) is 0 Å². The molecule has 0 heteroatoms. The quantitative estimate of drug-likeness (QED) is 0.518. The first kappa shape index (κ1) is 15.1. The predicted molar refractivity (Wildman–Crippen MR) is 85.2 cm³/mol. The molecule has 2 aliphatic carbocycles. The monoisotopic (exact) mass is 262 g/mol. The molecule has 0 amide bonds. The van der Waals surface area contributed by atoms with Crippen LogP contribution in [0.3, 0.4) is 0 Å². The van der Waals surface area contributed by atoms with Gasteiger partial charge in [-0.2, -0.15) is 0 Å². The summed E-state index contributed by atoms with van der Waals surface area (Å²) in [5, 5.41) is 0. The van der Waals surface area contributed by atoms with Crippen LogP contribution in [0.2, 0.25) is 0 Å². The summed E-state index contributed by atoms with van der Waals surface area (Å²) in [6, 6.07) is 0. The van der Waals surface area contributed by atoms with Crippen LogP contribution in [0.15, 0.2) is 12.2 Å². The first-order valence-corrected chi connectivity index (χ1v) is 8.63. The summed E-state index contributed by atoms with van der Waals surface area (Å²) in [7, 11) is 0. The molecule has 0 aromatic rings. The zero-order valence-corrected chi connectivity index (χ0v) is 13.6. The van der Waals surface area contributed by atoms with Crippen molar-refractivity contribution < 1.29 is 0 Å². The number of hydrogen-bond donors (Lipinski definition) is 0. The minimum Gasteiger partial charge on any atom is -0.0851 e. The molecule has 0 unspecified atom stereocenters. The van der Waals surface area contributed by atoms with Crippen molar-refractivity contribution in [3.63, 3.8) is 0 Å². The first-order valence-electron chi connectivity index (χ1n) is 8.63. The maximum atomic E-state index is 2.58. The van der Waals surface area contributed by atoms with Gasteiger partial charge in [0.2, 0.25) is 0 Å². The van der Waals surface area contributed by atoms with E-state index in [1.54, 1.807) is 0 Å². The number of rotatable bonds is 2. The fraction of sp³-hybridized carbons (Fsp3) is 0.895. The van der Waals surface area contributed by atoms with E-state index in [4.69, 9.17) is 0 Å². The van der Waals surface area contributed by atoms with Crippen molar-refractivity contribution in [2.75, 3.05) is 0 Å². The van der Waals surface area contributed by atoms with E-state index in [0.29, 0.717) is 5.41 Å². The summed E-state index contributed by atoms with van der Waals surface area (Å²) in [6.45, 7) is 9.65. The zero-order chi connectivity index (χ0) is 13.9. The second-order valence-corrected chi connectivity index (χ2v) is 8.38. The van der Waals surface area contributed by atoms with Crippen molar-refractivity contribution in [3.05, 3.63) is 12.2 Å². The molecule has 0 aliphatic heterocycles. The normalized spacial score (nSPS) is 37.7. The van der Waals surface area contributed by atoms with Gasteiger partial charge in [0.25, 0.3) is 0 Å². The van der Waals surface area contributed by atoms with Gasteiger partial charge in [0.1, 0.15) is 0 Å². The molecule has 0 heterocycles. The zero-order valence-electron chi connectivity index (χ0n) is 13.6. The van der Waals surface area contributed by atoms with Crippen LogP contribution in [0.1, 0.15) is 79.1 Å². The van der Waals surface area contributed by atoms with Gasteiger partial charge in [-0.05, 0) is 67.6 Å². The van der Waals surface area contributed by atoms with E-state index in [9.17, 15) is 0 Å². The lowest BCUT2D eigenvalue weighted by atomic mass is 9.69. The van der Waals surface area contributed by atoms with E-state index in [1.165, 1.54) is 51.4 Å².